The van der Waals surface area contributed by atoms with E-state index in [1.165, 1.54) is 20.1 Å². The van der Waals surface area contributed by atoms with Gasteiger partial charge in [-0.05, 0) is 77.0 Å². The fraction of sp³-hybridized carbons (Fsp3) is 0.459. The minimum Gasteiger partial charge on any atom is -0.468 e. The molecule has 51 heavy (non-hydrogen) atoms. The van der Waals surface area contributed by atoms with Crippen LogP contribution in [0.5, 0.6) is 5.75 Å². The van der Waals surface area contributed by atoms with Crippen molar-refractivity contribution in [3.63, 3.8) is 0 Å². The fourth-order valence-electron chi connectivity index (χ4n) is 7.61. The number of ether oxygens (including phenoxy) is 3. The highest BCUT2D eigenvalue weighted by Gasteiger charge is 2.51. The number of sulfone groups is 1. The Morgan fingerprint density at radius 2 is 1.84 bits per heavy atom. The Bertz CT molecular complexity index is 2270. The molecule has 0 aliphatic carbocycles. The molecule has 1 amide bonds. The summed E-state index contributed by atoms with van der Waals surface area (Å²) in [6.07, 6.45) is 1.91. The zero-order valence-electron chi connectivity index (χ0n) is 29.3. The smallest absolute Gasteiger partial charge is 0.410 e. The van der Waals surface area contributed by atoms with Crippen molar-refractivity contribution < 1.29 is 36.2 Å². The largest absolute Gasteiger partial charge is 0.468 e. The number of benzene rings is 2. The molecule has 2 fully saturated rings. The number of aryl methyl sites for hydroxylation is 1. The van der Waals surface area contributed by atoms with Crippen LogP contribution in [0.25, 0.3) is 32.9 Å². The van der Waals surface area contributed by atoms with E-state index in [-0.39, 0.29) is 58.8 Å². The summed E-state index contributed by atoms with van der Waals surface area (Å²) in [7, 11) is -2.54. The Labute approximate surface area is 295 Å². The van der Waals surface area contributed by atoms with Crippen molar-refractivity contribution in [1.29, 1.82) is 0 Å². The van der Waals surface area contributed by atoms with Crippen LogP contribution in [-0.2, 0) is 25.7 Å². The van der Waals surface area contributed by atoms with Crippen LogP contribution in [0.2, 0.25) is 0 Å². The van der Waals surface area contributed by atoms with Crippen molar-refractivity contribution >= 4 is 43.4 Å². The first kappa shape index (κ1) is 34.8. The lowest BCUT2D eigenvalue weighted by Crippen LogP contribution is -2.62. The van der Waals surface area contributed by atoms with Gasteiger partial charge in [0.25, 0.3) is 0 Å². The van der Waals surface area contributed by atoms with Gasteiger partial charge in [-0.1, -0.05) is 18.9 Å². The Hall–Kier alpha value is -4.61. The molecule has 7 rings (SSSR count). The second kappa shape index (κ2) is 12.9. The van der Waals surface area contributed by atoms with E-state index in [9.17, 15) is 13.2 Å². The molecule has 4 aromatic rings. The van der Waals surface area contributed by atoms with Crippen molar-refractivity contribution in [2.24, 2.45) is 0 Å². The number of amides is 1. The standard InChI is InChI=1S/C37H39F2N5O6S/c1-7-9-23-25(38)12-10-20-16-22(49-19-48-6)17-24(29(20)23)32-31(39)33-30-26(40-32)13-15-27-28-14-11-21(44(28)36(45)50-37(3,4)5)18-43(27)34(30)42-35(41-33)51(46,47)8-2/h10,12,16-17,21,27-28H,8,11,13-15,18-19H2,1-6H3/t21-,27-,28+/m1/s1. The van der Waals surface area contributed by atoms with Crippen LogP contribution in [0.1, 0.15) is 65.1 Å². The molecule has 14 heteroatoms. The number of carbonyl (C=O) groups excluding carboxylic acids is 1. The van der Waals surface area contributed by atoms with E-state index in [0.717, 1.165) is 12.8 Å². The molecule has 0 radical (unpaired) electrons. The topological polar surface area (TPSA) is 124 Å². The summed E-state index contributed by atoms with van der Waals surface area (Å²) >= 11 is 0. The molecular weight excluding hydrogens is 680 g/mol. The summed E-state index contributed by atoms with van der Waals surface area (Å²) in [4.78, 5) is 31.2. The number of nitrogens with zero attached hydrogens (tertiary/aromatic N) is 5. The van der Waals surface area contributed by atoms with E-state index in [2.05, 4.69) is 21.8 Å². The molecule has 0 saturated carbocycles. The van der Waals surface area contributed by atoms with Gasteiger partial charge in [0.05, 0.1) is 40.5 Å². The molecule has 3 aliphatic heterocycles. The molecule has 3 atom stereocenters. The number of rotatable bonds is 6. The van der Waals surface area contributed by atoms with Gasteiger partial charge in [-0.15, -0.1) is 5.92 Å². The number of hydrogen-bond acceptors (Lipinski definition) is 10. The van der Waals surface area contributed by atoms with Crippen LogP contribution in [0.3, 0.4) is 0 Å². The number of fused-ring (bicyclic) bond motifs is 6. The third-order valence-corrected chi connectivity index (χ3v) is 11.2. The molecule has 3 aliphatic rings. The quantitative estimate of drug-likeness (QED) is 0.130. The molecule has 268 valence electrons. The summed E-state index contributed by atoms with van der Waals surface area (Å²) in [6, 6.07) is 5.33. The number of halogens is 2. The average Bonchev–Trinajstić information content (AvgIpc) is 3.33. The highest BCUT2D eigenvalue weighted by Crippen LogP contribution is 2.45. The molecule has 2 aromatic heterocycles. The van der Waals surface area contributed by atoms with E-state index >= 15 is 8.78 Å². The lowest BCUT2D eigenvalue weighted by molar-refractivity contribution is 0.00721. The summed E-state index contributed by atoms with van der Waals surface area (Å²) in [5.74, 6) is 4.39. The predicted octanol–water partition coefficient (Wildman–Crippen LogP) is 6.17. The monoisotopic (exact) mass is 719 g/mol. The number of anilines is 1. The first-order valence-corrected chi connectivity index (χ1v) is 18.6. The van der Waals surface area contributed by atoms with Gasteiger partial charge in [-0.3, -0.25) is 4.90 Å². The van der Waals surface area contributed by atoms with Gasteiger partial charge in [0.1, 0.15) is 34.2 Å². The Morgan fingerprint density at radius 3 is 2.55 bits per heavy atom. The van der Waals surface area contributed by atoms with Crippen LogP contribution < -0.4 is 9.64 Å². The molecule has 5 heterocycles. The summed E-state index contributed by atoms with van der Waals surface area (Å²) in [6.45, 7) is 8.78. The van der Waals surface area contributed by atoms with Crippen LogP contribution >= 0.6 is 0 Å². The lowest BCUT2D eigenvalue weighted by atomic mass is 9.95. The molecule has 2 saturated heterocycles. The van der Waals surface area contributed by atoms with Gasteiger partial charge in [-0.25, -0.2) is 36.9 Å². The van der Waals surface area contributed by atoms with E-state index < -0.39 is 38.3 Å². The van der Waals surface area contributed by atoms with Crippen molar-refractivity contribution in [2.45, 2.75) is 89.2 Å². The Kier molecular flexibility index (Phi) is 8.78. The van der Waals surface area contributed by atoms with Crippen molar-refractivity contribution in [1.82, 2.24) is 19.9 Å². The van der Waals surface area contributed by atoms with Gasteiger partial charge >= 0.3 is 6.09 Å². The highest BCUT2D eigenvalue weighted by molar-refractivity contribution is 7.91. The summed E-state index contributed by atoms with van der Waals surface area (Å²) < 4.78 is 76.1. The number of hydrogen-bond donors (Lipinski definition) is 0. The third-order valence-electron chi connectivity index (χ3n) is 9.72. The first-order chi connectivity index (χ1) is 24.3. The number of piperazine rings is 1. The van der Waals surface area contributed by atoms with Crippen molar-refractivity contribution in [3.8, 4) is 28.8 Å². The predicted molar refractivity (Wildman–Crippen MR) is 187 cm³/mol. The number of methoxy groups -OCH3 is 1. The van der Waals surface area contributed by atoms with E-state index in [1.807, 2.05) is 30.6 Å². The SMILES string of the molecule is CC#Cc1c(F)ccc2cc(OCOC)cc(-c3nc4c5c(nc(S(=O)(=O)CC)nc5c3F)N3C[C@H]5CC[C@@H]([C@H]3CC4)N5C(=O)OC(C)(C)C)c12. The van der Waals surface area contributed by atoms with Crippen LogP contribution in [-0.4, -0.2) is 84.3 Å². The van der Waals surface area contributed by atoms with E-state index in [0.29, 0.717) is 47.0 Å². The Morgan fingerprint density at radius 1 is 1.06 bits per heavy atom. The molecule has 0 unspecified atom stereocenters. The van der Waals surface area contributed by atoms with Crippen molar-refractivity contribution in [2.75, 3.05) is 31.1 Å². The lowest BCUT2D eigenvalue weighted by Gasteiger charge is -2.47. The number of pyridine rings is 1. The van der Waals surface area contributed by atoms with Gasteiger partial charge in [0.15, 0.2) is 12.6 Å². The molecular formula is C37H39F2N5O6S. The molecule has 0 spiro atoms. The van der Waals surface area contributed by atoms with Crippen molar-refractivity contribution in [3.05, 3.63) is 47.2 Å². The molecule has 2 aromatic carbocycles. The van der Waals surface area contributed by atoms with Gasteiger partial charge in [0.2, 0.25) is 15.0 Å². The number of carbonyl (C=O) groups is 1. The maximum absolute atomic E-state index is 17.3. The maximum Gasteiger partial charge on any atom is 0.410 e. The van der Waals surface area contributed by atoms with E-state index in [1.54, 1.807) is 25.1 Å². The first-order valence-electron chi connectivity index (χ1n) is 17.0. The number of aromatic nitrogens is 3. The molecule has 0 N–H and O–H groups in total. The van der Waals surface area contributed by atoms with Gasteiger partial charge in [0, 0.05) is 24.6 Å². The van der Waals surface area contributed by atoms with Crippen LogP contribution in [0.4, 0.5) is 19.4 Å². The second-order valence-electron chi connectivity index (χ2n) is 14.0. The third kappa shape index (κ3) is 6.00. The van der Waals surface area contributed by atoms with Gasteiger partial charge in [-0.2, -0.15) is 0 Å². The zero-order chi connectivity index (χ0) is 36.4. The van der Waals surface area contributed by atoms with E-state index in [4.69, 9.17) is 19.2 Å². The highest BCUT2D eigenvalue weighted by atomic mass is 32.2. The minimum atomic E-state index is -4.00. The summed E-state index contributed by atoms with van der Waals surface area (Å²) in [5, 5.41) is 0.662. The average molecular weight is 720 g/mol. The van der Waals surface area contributed by atoms with Gasteiger partial charge < -0.3 is 19.1 Å². The minimum absolute atomic E-state index is 0.0588. The summed E-state index contributed by atoms with van der Waals surface area (Å²) in [5.41, 5.74) is -0.328. The Balaban J connectivity index is 1.48. The normalized spacial score (nSPS) is 19.8. The van der Waals surface area contributed by atoms with Crippen LogP contribution in [0, 0.1) is 23.5 Å². The molecule has 2 bridgehead atoms. The fourth-order valence-corrected chi connectivity index (χ4v) is 8.33. The second-order valence-corrected chi connectivity index (χ2v) is 16.2. The molecule has 11 nitrogen and oxygen atoms in total. The zero-order valence-corrected chi connectivity index (χ0v) is 30.2. The van der Waals surface area contributed by atoms with Crippen LogP contribution in [0.15, 0.2) is 29.4 Å². The maximum atomic E-state index is 17.3.